The molecule has 0 aliphatic carbocycles. The number of nitrogens with zero attached hydrogens (tertiary/aromatic N) is 2. The Hall–Kier alpha value is -2.17. The Bertz CT molecular complexity index is 1070. The van der Waals surface area contributed by atoms with E-state index in [-0.39, 0.29) is 26.9 Å². The standard InChI is InChI=1S/C18H25N3O5S2/c1-5-21(6-2)28(25,26)14-12-16(20(4)13-14)18(22)19-15-10-8-9-11-17(15)27(23,24)7-3/h8-13H,5-7H2,1-4H3,(H,19,22). The zero-order chi connectivity index (χ0) is 21.1. The van der Waals surface area contributed by atoms with Gasteiger partial charge in [0.25, 0.3) is 5.91 Å². The minimum Gasteiger partial charge on any atom is -0.345 e. The van der Waals surface area contributed by atoms with Gasteiger partial charge in [0.1, 0.15) is 10.6 Å². The largest absolute Gasteiger partial charge is 0.345 e. The summed E-state index contributed by atoms with van der Waals surface area (Å²) < 4.78 is 52.5. The van der Waals surface area contributed by atoms with Crippen molar-refractivity contribution in [2.75, 3.05) is 24.2 Å². The molecule has 0 saturated heterocycles. The monoisotopic (exact) mass is 427 g/mol. The highest BCUT2D eigenvalue weighted by Gasteiger charge is 2.26. The number of hydrogen-bond donors (Lipinski definition) is 1. The number of hydrogen-bond acceptors (Lipinski definition) is 5. The maximum absolute atomic E-state index is 12.7. The predicted molar refractivity (Wildman–Crippen MR) is 108 cm³/mol. The van der Waals surface area contributed by atoms with E-state index in [1.807, 2.05) is 0 Å². The van der Waals surface area contributed by atoms with E-state index in [1.165, 1.54) is 40.2 Å². The maximum Gasteiger partial charge on any atom is 0.272 e. The molecule has 0 unspecified atom stereocenters. The molecule has 1 N–H and O–H groups in total. The second-order valence-electron chi connectivity index (χ2n) is 6.11. The van der Waals surface area contributed by atoms with Gasteiger partial charge in [-0.15, -0.1) is 0 Å². The minimum atomic E-state index is -3.71. The molecule has 2 aromatic rings. The highest BCUT2D eigenvalue weighted by Crippen LogP contribution is 2.24. The topological polar surface area (TPSA) is 106 Å². The van der Waals surface area contributed by atoms with Gasteiger partial charge in [-0.25, -0.2) is 16.8 Å². The molecule has 0 saturated carbocycles. The van der Waals surface area contributed by atoms with Crippen molar-refractivity contribution in [2.24, 2.45) is 7.05 Å². The van der Waals surface area contributed by atoms with E-state index in [0.29, 0.717) is 13.1 Å². The second-order valence-corrected chi connectivity index (χ2v) is 10.3. The smallest absolute Gasteiger partial charge is 0.272 e. The molecule has 0 spiro atoms. The maximum atomic E-state index is 12.7. The van der Waals surface area contributed by atoms with Crippen molar-refractivity contribution in [3.8, 4) is 0 Å². The second kappa shape index (κ2) is 8.46. The molecule has 8 nitrogen and oxygen atoms in total. The fourth-order valence-corrected chi connectivity index (χ4v) is 5.38. The summed E-state index contributed by atoms with van der Waals surface area (Å²) in [6.45, 7) is 5.63. The van der Waals surface area contributed by atoms with Crippen molar-refractivity contribution in [2.45, 2.75) is 30.6 Å². The molecule has 0 radical (unpaired) electrons. The van der Waals surface area contributed by atoms with Crippen LogP contribution in [-0.2, 0) is 26.9 Å². The lowest BCUT2D eigenvalue weighted by Crippen LogP contribution is -2.30. The molecule has 0 fully saturated rings. The van der Waals surface area contributed by atoms with Crippen LogP contribution in [0.2, 0.25) is 0 Å². The molecule has 1 heterocycles. The van der Waals surface area contributed by atoms with Gasteiger partial charge in [-0.05, 0) is 18.2 Å². The van der Waals surface area contributed by atoms with E-state index in [4.69, 9.17) is 0 Å². The molecule has 154 valence electrons. The SMILES string of the molecule is CCN(CC)S(=O)(=O)c1cc(C(=O)Nc2ccccc2S(=O)(=O)CC)n(C)c1. The minimum absolute atomic E-state index is 0.0123. The van der Waals surface area contributed by atoms with Crippen LogP contribution in [0, 0.1) is 0 Å². The molecule has 1 aromatic heterocycles. The lowest BCUT2D eigenvalue weighted by molar-refractivity contribution is 0.101. The number of sulfone groups is 1. The molecule has 1 aromatic carbocycles. The normalized spacial score (nSPS) is 12.3. The van der Waals surface area contributed by atoms with Gasteiger partial charge in [0.05, 0.1) is 16.3 Å². The molecule has 0 aliphatic heterocycles. The van der Waals surface area contributed by atoms with Gasteiger partial charge >= 0.3 is 0 Å². The van der Waals surface area contributed by atoms with Crippen molar-refractivity contribution in [1.29, 1.82) is 0 Å². The molecular weight excluding hydrogens is 402 g/mol. The first kappa shape index (κ1) is 22.1. The molecule has 0 bridgehead atoms. The molecule has 0 aliphatic rings. The number of amides is 1. The summed E-state index contributed by atoms with van der Waals surface area (Å²) >= 11 is 0. The van der Waals surface area contributed by atoms with Crippen LogP contribution in [0.15, 0.2) is 46.3 Å². The van der Waals surface area contributed by atoms with Gasteiger partial charge in [-0.3, -0.25) is 4.79 Å². The first-order valence-corrected chi connectivity index (χ1v) is 12.0. The highest BCUT2D eigenvalue weighted by molar-refractivity contribution is 7.91. The first-order valence-electron chi connectivity index (χ1n) is 8.88. The Kier molecular flexibility index (Phi) is 6.68. The molecule has 0 atom stereocenters. The van der Waals surface area contributed by atoms with E-state index in [9.17, 15) is 21.6 Å². The van der Waals surface area contributed by atoms with E-state index in [1.54, 1.807) is 33.0 Å². The van der Waals surface area contributed by atoms with Gasteiger partial charge in [-0.1, -0.05) is 32.9 Å². The average Bonchev–Trinajstić information content (AvgIpc) is 3.05. The van der Waals surface area contributed by atoms with Crippen LogP contribution in [0.25, 0.3) is 0 Å². The lowest BCUT2D eigenvalue weighted by atomic mass is 10.3. The van der Waals surface area contributed by atoms with Gasteiger partial charge in [0.2, 0.25) is 10.0 Å². The summed E-state index contributed by atoms with van der Waals surface area (Å²) in [4.78, 5) is 12.8. The van der Waals surface area contributed by atoms with Gasteiger partial charge in [-0.2, -0.15) is 4.31 Å². The zero-order valence-electron chi connectivity index (χ0n) is 16.3. The number of anilines is 1. The van der Waals surface area contributed by atoms with Gasteiger partial charge in [0, 0.05) is 26.3 Å². The number of rotatable bonds is 8. The van der Waals surface area contributed by atoms with Crippen molar-refractivity contribution in [3.05, 3.63) is 42.2 Å². The fraction of sp³-hybridized carbons (Fsp3) is 0.389. The third kappa shape index (κ3) is 4.29. The molecule has 28 heavy (non-hydrogen) atoms. The van der Waals surface area contributed by atoms with Crippen LogP contribution in [0.4, 0.5) is 5.69 Å². The van der Waals surface area contributed by atoms with Crippen LogP contribution < -0.4 is 5.32 Å². The zero-order valence-corrected chi connectivity index (χ0v) is 18.0. The first-order chi connectivity index (χ1) is 13.1. The van der Waals surface area contributed by atoms with Crippen molar-refractivity contribution >= 4 is 31.5 Å². The van der Waals surface area contributed by atoms with Gasteiger partial charge in [0.15, 0.2) is 9.84 Å². The molecule has 1 amide bonds. The van der Waals surface area contributed by atoms with Crippen molar-refractivity contribution < 1.29 is 21.6 Å². The highest BCUT2D eigenvalue weighted by atomic mass is 32.2. The third-order valence-corrected chi connectivity index (χ3v) is 8.21. The number of benzene rings is 1. The predicted octanol–water partition coefficient (Wildman–Crippen LogP) is 2.10. The molecular formula is C18H25N3O5S2. The van der Waals surface area contributed by atoms with Crippen LogP contribution in [0.3, 0.4) is 0 Å². The fourth-order valence-electron chi connectivity index (χ4n) is 2.80. The summed E-state index contributed by atoms with van der Waals surface area (Å²) in [7, 11) is -5.67. The summed E-state index contributed by atoms with van der Waals surface area (Å²) in [6, 6.07) is 7.41. The summed E-state index contributed by atoms with van der Waals surface area (Å²) in [5, 5.41) is 2.58. The van der Waals surface area contributed by atoms with Crippen LogP contribution in [0.1, 0.15) is 31.3 Å². The summed E-state index contributed by atoms with van der Waals surface area (Å²) in [5.41, 5.74) is 0.262. The third-order valence-electron chi connectivity index (χ3n) is 4.41. The molecule has 2 rings (SSSR count). The number of carbonyl (C=O) groups excluding carboxylic acids is 1. The van der Waals surface area contributed by atoms with E-state index in [0.717, 1.165) is 0 Å². The number of sulfonamides is 1. The number of aromatic nitrogens is 1. The van der Waals surface area contributed by atoms with E-state index in [2.05, 4.69) is 5.32 Å². The van der Waals surface area contributed by atoms with Crippen LogP contribution >= 0.6 is 0 Å². The van der Waals surface area contributed by atoms with Crippen LogP contribution in [-0.4, -0.2) is 50.5 Å². The average molecular weight is 428 g/mol. The van der Waals surface area contributed by atoms with Crippen molar-refractivity contribution in [1.82, 2.24) is 8.87 Å². The Labute approximate surface area is 166 Å². The van der Waals surface area contributed by atoms with Crippen LogP contribution in [0.5, 0.6) is 0 Å². The summed E-state index contributed by atoms with van der Waals surface area (Å²) in [5.74, 6) is -0.696. The number of para-hydroxylation sites is 1. The quantitative estimate of drug-likeness (QED) is 0.694. The van der Waals surface area contributed by atoms with Gasteiger partial charge < -0.3 is 9.88 Å². The van der Waals surface area contributed by atoms with E-state index >= 15 is 0 Å². The Morgan fingerprint density at radius 1 is 1.07 bits per heavy atom. The Morgan fingerprint density at radius 2 is 1.68 bits per heavy atom. The molecule has 10 heteroatoms. The Morgan fingerprint density at radius 3 is 2.25 bits per heavy atom. The lowest BCUT2D eigenvalue weighted by Gasteiger charge is -2.17. The summed E-state index contributed by atoms with van der Waals surface area (Å²) in [6.07, 6.45) is 1.37. The Balaban J connectivity index is 2.40. The van der Waals surface area contributed by atoms with E-state index < -0.39 is 25.8 Å². The number of aryl methyl sites for hydroxylation is 1. The number of carbonyl (C=O) groups is 1. The van der Waals surface area contributed by atoms with Crippen molar-refractivity contribution in [3.63, 3.8) is 0 Å². The number of nitrogens with one attached hydrogen (secondary N) is 1.